The quantitative estimate of drug-likeness (QED) is 0.605. The van der Waals surface area contributed by atoms with E-state index in [1.807, 2.05) is 13.8 Å². The normalized spacial score (nSPS) is 10.8. The van der Waals surface area contributed by atoms with Gasteiger partial charge in [-0.2, -0.15) is 0 Å². The molecular weight excluding hydrogens is 343 g/mol. The lowest BCUT2D eigenvalue weighted by atomic mass is 10.4. The van der Waals surface area contributed by atoms with Crippen molar-refractivity contribution in [3.8, 4) is 0 Å². The van der Waals surface area contributed by atoms with Crippen molar-refractivity contribution < 1.29 is 32.6 Å². The molecule has 0 saturated carbocycles. The molecule has 0 aliphatic carbocycles. The molecule has 136 valence electrons. The van der Waals surface area contributed by atoms with Crippen LogP contribution in [0.2, 0.25) is 0 Å². The summed E-state index contributed by atoms with van der Waals surface area (Å²) in [5.74, 6) is -4.38. The molecule has 0 aromatic heterocycles. The lowest BCUT2D eigenvalue weighted by Gasteiger charge is -2.18. The molecular formula is C14H21FN2O6S. The third-order valence-electron chi connectivity index (χ3n) is 2.92. The van der Waals surface area contributed by atoms with Crippen LogP contribution in [-0.4, -0.2) is 61.6 Å². The number of hydrogen-bond donors (Lipinski definition) is 3. The molecule has 0 amide bonds. The summed E-state index contributed by atoms with van der Waals surface area (Å²) in [6.07, 6.45) is 0. The maximum absolute atomic E-state index is 13.4. The highest BCUT2D eigenvalue weighted by molar-refractivity contribution is 7.89. The highest BCUT2D eigenvalue weighted by atomic mass is 32.2. The molecule has 24 heavy (non-hydrogen) atoms. The van der Waals surface area contributed by atoms with Crippen LogP contribution in [0.15, 0.2) is 29.2 Å². The molecule has 0 aliphatic rings. The summed E-state index contributed by atoms with van der Waals surface area (Å²) < 4.78 is 39.5. The van der Waals surface area contributed by atoms with Crippen LogP contribution in [0.25, 0.3) is 0 Å². The minimum absolute atomic E-state index is 0.276. The molecule has 0 atom stereocenters. The Morgan fingerprint density at radius 2 is 1.62 bits per heavy atom. The minimum Gasteiger partial charge on any atom is -0.473 e. The lowest BCUT2D eigenvalue weighted by Crippen LogP contribution is -2.35. The van der Waals surface area contributed by atoms with Crippen LogP contribution in [0.3, 0.4) is 0 Å². The van der Waals surface area contributed by atoms with Gasteiger partial charge in [-0.05, 0) is 25.2 Å². The molecule has 8 nitrogen and oxygen atoms in total. The number of nitrogens with one attached hydrogen (secondary N) is 1. The summed E-state index contributed by atoms with van der Waals surface area (Å²) in [5.41, 5.74) is 0. The van der Waals surface area contributed by atoms with E-state index in [0.29, 0.717) is 6.54 Å². The van der Waals surface area contributed by atoms with Gasteiger partial charge in [0, 0.05) is 13.1 Å². The molecule has 0 bridgehead atoms. The van der Waals surface area contributed by atoms with Crippen molar-refractivity contribution in [2.24, 2.45) is 0 Å². The Hall–Kier alpha value is -2.04. The number of carboxylic acids is 2. The fourth-order valence-electron chi connectivity index (χ4n) is 1.62. The van der Waals surface area contributed by atoms with Crippen molar-refractivity contribution in [1.29, 1.82) is 0 Å². The number of halogens is 1. The molecule has 0 fully saturated rings. The molecule has 1 rings (SSSR count). The summed E-state index contributed by atoms with van der Waals surface area (Å²) in [5, 5.41) is 14.8. The van der Waals surface area contributed by atoms with Gasteiger partial charge < -0.3 is 15.1 Å². The van der Waals surface area contributed by atoms with Crippen LogP contribution in [0.4, 0.5) is 4.39 Å². The molecule has 0 saturated heterocycles. The number of hydrogen-bond acceptors (Lipinski definition) is 5. The summed E-state index contributed by atoms with van der Waals surface area (Å²) in [6.45, 7) is 6.62. The molecule has 1 aromatic rings. The van der Waals surface area contributed by atoms with E-state index in [1.165, 1.54) is 18.2 Å². The molecule has 0 radical (unpaired) electrons. The van der Waals surface area contributed by atoms with Gasteiger partial charge in [0.25, 0.3) is 0 Å². The molecule has 1 aromatic carbocycles. The van der Waals surface area contributed by atoms with Crippen molar-refractivity contribution in [2.75, 3.05) is 26.2 Å². The van der Waals surface area contributed by atoms with E-state index in [-0.39, 0.29) is 11.4 Å². The topological polar surface area (TPSA) is 124 Å². The van der Waals surface area contributed by atoms with Gasteiger partial charge in [0.15, 0.2) is 0 Å². The van der Waals surface area contributed by atoms with E-state index in [4.69, 9.17) is 19.8 Å². The first-order valence-electron chi connectivity index (χ1n) is 7.08. The van der Waals surface area contributed by atoms with E-state index < -0.39 is 27.8 Å². The third kappa shape index (κ3) is 7.99. The summed E-state index contributed by atoms with van der Waals surface area (Å²) in [4.78, 5) is 20.0. The molecule has 0 heterocycles. The van der Waals surface area contributed by atoms with Gasteiger partial charge >= 0.3 is 11.9 Å². The second-order valence-corrected chi connectivity index (χ2v) is 6.20. The van der Waals surface area contributed by atoms with E-state index in [0.717, 1.165) is 19.2 Å². The summed E-state index contributed by atoms with van der Waals surface area (Å²) in [7, 11) is -3.75. The van der Waals surface area contributed by atoms with Crippen molar-refractivity contribution in [3.05, 3.63) is 30.1 Å². The molecule has 0 unspecified atom stereocenters. The highest BCUT2D eigenvalue weighted by Gasteiger charge is 2.17. The Morgan fingerprint density at radius 3 is 2.04 bits per heavy atom. The minimum atomic E-state index is -3.75. The van der Waals surface area contributed by atoms with Crippen LogP contribution in [0, 0.1) is 5.82 Å². The number of carbonyl (C=O) groups is 2. The predicted octanol–water partition coefficient (Wildman–Crippen LogP) is 0.601. The largest absolute Gasteiger partial charge is 0.473 e. The van der Waals surface area contributed by atoms with Crippen LogP contribution in [0.5, 0.6) is 0 Å². The first-order chi connectivity index (χ1) is 11.2. The Bertz CT molecular complexity index is 634. The highest BCUT2D eigenvalue weighted by Crippen LogP contribution is 2.12. The second kappa shape index (κ2) is 10.7. The Kier molecular flexibility index (Phi) is 9.77. The Morgan fingerprint density at radius 1 is 1.12 bits per heavy atom. The zero-order valence-corrected chi connectivity index (χ0v) is 14.2. The van der Waals surface area contributed by atoms with Gasteiger partial charge in [0.05, 0.1) is 0 Å². The van der Waals surface area contributed by atoms with E-state index >= 15 is 0 Å². The van der Waals surface area contributed by atoms with Gasteiger partial charge in [-0.25, -0.2) is 27.1 Å². The smallest absolute Gasteiger partial charge is 0.414 e. The average molecular weight is 364 g/mol. The monoisotopic (exact) mass is 364 g/mol. The third-order valence-corrected chi connectivity index (χ3v) is 4.42. The first-order valence-corrected chi connectivity index (χ1v) is 8.56. The zero-order valence-electron chi connectivity index (χ0n) is 13.4. The van der Waals surface area contributed by atoms with Gasteiger partial charge in [-0.1, -0.05) is 26.0 Å². The zero-order chi connectivity index (χ0) is 18.8. The van der Waals surface area contributed by atoms with Crippen molar-refractivity contribution >= 4 is 22.0 Å². The maximum atomic E-state index is 13.4. The van der Waals surface area contributed by atoms with Crippen LogP contribution in [-0.2, 0) is 19.6 Å². The van der Waals surface area contributed by atoms with Gasteiger partial charge in [-0.3, -0.25) is 0 Å². The van der Waals surface area contributed by atoms with Crippen LogP contribution < -0.4 is 4.72 Å². The molecule has 0 spiro atoms. The first kappa shape index (κ1) is 22.0. The SMILES string of the molecule is CCN(CC)CCNS(=O)(=O)c1ccccc1F.O=C(O)C(=O)O. The summed E-state index contributed by atoms with van der Waals surface area (Å²) >= 11 is 0. The van der Waals surface area contributed by atoms with Gasteiger partial charge in [0.2, 0.25) is 10.0 Å². The van der Waals surface area contributed by atoms with Gasteiger partial charge in [-0.15, -0.1) is 0 Å². The number of carboxylic acid groups (broad SMARTS) is 2. The fraction of sp³-hybridized carbons (Fsp3) is 0.429. The molecule has 3 N–H and O–H groups in total. The number of aliphatic carboxylic acids is 2. The average Bonchev–Trinajstić information content (AvgIpc) is 2.52. The Labute approximate surface area is 140 Å². The standard InChI is InChI=1S/C12H19FN2O2S.C2H2O4/c1-3-15(4-2)10-9-14-18(16,17)12-8-6-5-7-11(12)13;3-1(4)2(5)6/h5-8,14H,3-4,9-10H2,1-2H3;(H,3,4)(H,5,6). The number of nitrogens with zero attached hydrogens (tertiary/aromatic N) is 1. The van der Waals surface area contributed by atoms with E-state index in [9.17, 15) is 12.8 Å². The van der Waals surface area contributed by atoms with Crippen LogP contribution >= 0.6 is 0 Å². The maximum Gasteiger partial charge on any atom is 0.414 e. The van der Waals surface area contributed by atoms with Crippen LogP contribution in [0.1, 0.15) is 13.8 Å². The number of rotatable bonds is 7. The van der Waals surface area contributed by atoms with Gasteiger partial charge in [0.1, 0.15) is 10.7 Å². The summed E-state index contributed by atoms with van der Waals surface area (Å²) in [6, 6.07) is 5.36. The molecule has 0 aliphatic heterocycles. The fourth-order valence-corrected chi connectivity index (χ4v) is 2.72. The van der Waals surface area contributed by atoms with Crippen molar-refractivity contribution in [3.63, 3.8) is 0 Å². The predicted molar refractivity (Wildman–Crippen MR) is 84.6 cm³/mol. The Balaban J connectivity index is 0.000000754. The number of likely N-dealkylation sites (N-methyl/N-ethyl adjacent to an activating group) is 1. The molecule has 10 heteroatoms. The number of sulfonamides is 1. The number of benzene rings is 1. The van der Waals surface area contributed by atoms with E-state index in [2.05, 4.69) is 9.62 Å². The van der Waals surface area contributed by atoms with Crippen molar-refractivity contribution in [2.45, 2.75) is 18.7 Å². The van der Waals surface area contributed by atoms with E-state index in [1.54, 1.807) is 0 Å². The van der Waals surface area contributed by atoms with Crippen molar-refractivity contribution in [1.82, 2.24) is 9.62 Å². The lowest BCUT2D eigenvalue weighted by molar-refractivity contribution is -0.159. The second-order valence-electron chi connectivity index (χ2n) is 4.47.